The molecule has 2 N–H and O–H groups in total. The van der Waals surface area contributed by atoms with Crippen LogP contribution in [0.25, 0.3) is 0 Å². The molecule has 32 heavy (non-hydrogen) atoms. The van der Waals surface area contributed by atoms with E-state index in [1.165, 1.54) is 0 Å². The first-order valence-corrected chi connectivity index (χ1v) is 9.85. The summed E-state index contributed by atoms with van der Waals surface area (Å²) in [4.78, 5) is 25.3. The van der Waals surface area contributed by atoms with Gasteiger partial charge in [-0.2, -0.15) is 0 Å². The summed E-state index contributed by atoms with van der Waals surface area (Å²) < 4.78 is 33.5. The Morgan fingerprint density at radius 3 is 2.78 bits per heavy atom. The third kappa shape index (κ3) is 4.49. The second-order valence-electron chi connectivity index (χ2n) is 7.37. The van der Waals surface area contributed by atoms with Crippen LogP contribution in [0.2, 0.25) is 0 Å². The third-order valence-corrected chi connectivity index (χ3v) is 5.14. The van der Waals surface area contributed by atoms with Gasteiger partial charge in [-0.05, 0) is 29.5 Å². The van der Waals surface area contributed by atoms with Gasteiger partial charge in [0.2, 0.25) is 11.8 Å². The third-order valence-electron chi connectivity index (χ3n) is 5.14. The Kier molecular flexibility index (Phi) is 5.94. The molecule has 2 atom stereocenters. The molecule has 2 heterocycles. The van der Waals surface area contributed by atoms with Crippen molar-refractivity contribution in [1.29, 1.82) is 0 Å². The van der Waals surface area contributed by atoms with Gasteiger partial charge in [0.15, 0.2) is 0 Å². The van der Waals surface area contributed by atoms with Gasteiger partial charge in [0.1, 0.15) is 17.7 Å². The minimum absolute atomic E-state index is 0.0443. The van der Waals surface area contributed by atoms with Crippen molar-refractivity contribution in [3.8, 4) is 12.3 Å². The first-order valence-electron chi connectivity index (χ1n) is 9.85. The second-order valence-corrected chi connectivity index (χ2v) is 7.37. The van der Waals surface area contributed by atoms with Crippen LogP contribution in [0, 0.1) is 24.0 Å². The summed E-state index contributed by atoms with van der Waals surface area (Å²) >= 11 is 0. The Morgan fingerprint density at radius 1 is 1.25 bits per heavy atom. The molecule has 7 nitrogen and oxygen atoms in total. The fourth-order valence-corrected chi connectivity index (χ4v) is 3.64. The van der Waals surface area contributed by atoms with Gasteiger partial charge < -0.3 is 15.1 Å². The summed E-state index contributed by atoms with van der Waals surface area (Å²) in [7, 11) is 0. The molecule has 0 saturated heterocycles. The minimum Gasteiger partial charge on any atom is -0.417 e. The van der Waals surface area contributed by atoms with Gasteiger partial charge in [-0.1, -0.05) is 30.3 Å². The Labute approximate surface area is 182 Å². The van der Waals surface area contributed by atoms with Crippen LogP contribution >= 0.6 is 0 Å². The van der Waals surface area contributed by atoms with Crippen LogP contribution < -0.4 is 10.6 Å². The van der Waals surface area contributed by atoms with E-state index in [-0.39, 0.29) is 35.9 Å². The summed E-state index contributed by atoms with van der Waals surface area (Å²) in [5, 5.41) is 12.6. The number of carbonyl (C=O) groups excluding carboxylic acids is 2. The number of terminal acetylenes is 1. The molecule has 0 aliphatic carbocycles. The molecular formula is C23H18F2N4O3. The largest absolute Gasteiger partial charge is 0.417 e. The highest BCUT2D eigenvalue weighted by Gasteiger charge is 2.33. The molecule has 0 unspecified atom stereocenters. The Morgan fingerprint density at radius 2 is 2.03 bits per heavy atom. The topological polar surface area (TPSA) is 97.1 Å². The predicted octanol–water partition coefficient (Wildman–Crippen LogP) is 3.19. The highest BCUT2D eigenvalue weighted by Crippen LogP contribution is 2.36. The van der Waals surface area contributed by atoms with Crippen molar-refractivity contribution >= 4 is 17.5 Å². The Hall–Kier alpha value is -4.06. The van der Waals surface area contributed by atoms with Gasteiger partial charge in [0.05, 0.1) is 12.1 Å². The number of amides is 2. The zero-order valence-electron chi connectivity index (χ0n) is 16.8. The molecule has 3 aromatic rings. The van der Waals surface area contributed by atoms with Crippen LogP contribution in [-0.4, -0.2) is 28.1 Å². The molecule has 1 aromatic heterocycles. The molecule has 0 radical (unpaired) electrons. The molecule has 0 bridgehead atoms. The maximum Gasteiger partial charge on any atom is 0.309 e. The molecule has 1 aliphatic heterocycles. The lowest BCUT2D eigenvalue weighted by atomic mass is 9.89. The van der Waals surface area contributed by atoms with Crippen molar-refractivity contribution < 1.29 is 22.8 Å². The van der Waals surface area contributed by atoms with E-state index in [1.807, 2.05) is 30.3 Å². The lowest BCUT2D eigenvalue weighted by Crippen LogP contribution is -2.43. The van der Waals surface area contributed by atoms with Gasteiger partial charge in [-0.25, -0.2) is 8.78 Å². The van der Waals surface area contributed by atoms with Crippen LogP contribution in [0.1, 0.15) is 46.5 Å². The fourth-order valence-electron chi connectivity index (χ4n) is 3.64. The molecule has 1 aliphatic rings. The van der Waals surface area contributed by atoms with Gasteiger partial charge >= 0.3 is 11.8 Å². The van der Waals surface area contributed by atoms with E-state index in [4.69, 9.17) is 10.8 Å². The van der Waals surface area contributed by atoms with Crippen molar-refractivity contribution in [3.63, 3.8) is 0 Å². The SMILES string of the molecule is C#CC[C@H]1C[C@@H](NC(=O)c2nnc(Cc3ccccc3)o2)C(=O)Nc2c(F)cc(F)cc21. The molecule has 0 spiro atoms. The van der Waals surface area contributed by atoms with Gasteiger partial charge in [0.25, 0.3) is 0 Å². The number of halogens is 2. The Balaban J connectivity index is 1.52. The molecule has 2 aromatic carbocycles. The van der Waals surface area contributed by atoms with Crippen LogP contribution in [-0.2, 0) is 11.2 Å². The second kappa shape index (κ2) is 8.98. The lowest BCUT2D eigenvalue weighted by Gasteiger charge is -2.18. The molecule has 0 fully saturated rings. The van der Waals surface area contributed by atoms with Crippen molar-refractivity contribution in [3.05, 3.63) is 77.0 Å². The number of aromatic nitrogens is 2. The van der Waals surface area contributed by atoms with E-state index in [9.17, 15) is 18.4 Å². The van der Waals surface area contributed by atoms with E-state index in [0.717, 1.165) is 11.6 Å². The van der Waals surface area contributed by atoms with E-state index < -0.39 is 35.4 Å². The van der Waals surface area contributed by atoms with Gasteiger partial charge in [0, 0.05) is 12.5 Å². The van der Waals surface area contributed by atoms with Gasteiger partial charge in [-0.15, -0.1) is 22.5 Å². The summed E-state index contributed by atoms with van der Waals surface area (Å²) in [5.41, 5.74) is 1.03. The highest BCUT2D eigenvalue weighted by atomic mass is 19.1. The number of benzene rings is 2. The first-order chi connectivity index (χ1) is 15.4. The summed E-state index contributed by atoms with van der Waals surface area (Å²) in [6, 6.07) is 10.1. The Bertz CT molecular complexity index is 1200. The van der Waals surface area contributed by atoms with Crippen LogP contribution in [0.3, 0.4) is 0 Å². The predicted molar refractivity (Wildman–Crippen MR) is 111 cm³/mol. The molecule has 4 rings (SSSR count). The summed E-state index contributed by atoms with van der Waals surface area (Å²) in [6.07, 6.45) is 5.93. The van der Waals surface area contributed by atoms with E-state index in [1.54, 1.807) is 0 Å². The molecule has 9 heteroatoms. The number of hydrogen-bond donors (Lipinski definition) is 2. The normalized spacial score (nSPS) is 17.6. The van der Waals surface area contributed by atoms with E-state index >= 15 is 0 Å². The quantitative estimate of drug-likeness (QED) is 0.599. The lowest BCUT2D eigenvalue weighted by molar-refractivity contribution is -0.118. The van der Waals surface area contributed by atoms with Crippen molar-refractivity contribution in [1.82, 2.24) is 15.5 Å². The van der Waals surface area contributed by atoms with E-state index in [2.05, 4.69) is 26.8 Å². The number of anilines is 1. The van der Waals surface area contributed by atoms with Crippen LogP contribution in [0.4, 0.5) is 14.5 Å². The smallest absolute Gasteiger partial charge is 0.309 e. The average molecular weight is 436 g/mol. The fraction of sp³-hybridized carbons (Fsp3) is 0.217. The van der Waals surface area contributed by atoms with Gasteiger partial charge in [-0.3, -0.25) is 9.59 Å². The van der Waals surface area contributed by atoms with Crippen molar-refractivity contribution in [2.24, 2.45) is 0 Å². The standard InChI is InChI=1S/C23H18F2N4O3/c1-2-6-14-10-18(21(30)27-20-16(14)11-15(24)12-17(20)25)26-22(31)23-29-28-19(32-23)9-13-7-4-3-5-8-13/h1,3-5,7-8,11-12,14,18H,6,9-10H2,(H,26,31)(H,27,30)/t14-,18+/m0/s1. The number of fused-ring (bicyclic) bond motifs is 1. The number of rotatable bonds is 5. The van der Waals surface area contributed by atoms with Crippen molar-refractivity contribution in [2.45, 2.75) is 31.2 Å². The number of nitrogens with one attached hydrogen (secondary N) is 2. The zero-order chi connectivity index (χ0) is 22.7. The van der Waals surface area contributed by atoms with Crippen molar-refractivity contribution in [2.75, 3.05) is 5.32 Å². The first kappa shape index (κ1) is 21.2. The molecule has 0 saturated carbocycles. The number of hydrogen-bond acceptors (Lipinski definition) is 5. The maximum absolute atomic E-state index is 14.3. The molecule has 2 amide bonds. The number of carbonyl (C=O) groups is 2. The van der Waals surface area contributed by atoms with Crippen LogP contribution in [0.15, 0.2) is 46.9 Å². The summed E-state index contributed by atoms with van der Waals surface area (Å²) in [6.45, 7) is 0. The number of nitrogens with zero attached hydrogens (tertiary/aromatic N) is 2. The highest BCUT2D eigenvalue weighted by molar-refractivity contribution is 6.00. The minimum atomic E-state index is -1.07. The zero-order valence-corrected chi connectivity index (χ0v) is 16.8. The average Bonchev–Trinajstić information content (AvgIpc) is 3.19. The molecular weight excluding hydrogens is 418 g/mol. The van der Waals surface area contributed by atoms with E-state index in [0.29, 0.717) is 12.5 Å². The summed E-state index contributed by atoms with van der Waals surface area (Å²) in [5.74, 6) is -1.28. The van der Waals surface area contributed by atoms with Crippen LogP contribution in [0.5, 0.6) is 0 Å². The maximum atomic E-state index is 14.3. The monoisotopic (exact) mass is 436 g/mol. The molecule has 162 valence electrons.